The molecule has 0 aromatic carbocycles. The summed E-state index contributed by atoms with van der Waals surface area (Å²) in [4.78, 5) is 0. The van der Waals surface area contributed by atoms with Gasteiger partial charge in [-0.05, 0) is 43.4 Å². The summed E-state index contributed by atoms with van der Waals surface area (Å²) in [5, 5.41) is 0. The third-order valence-electron chi connectivity index (χ3n) is 6.96. The van der Waals surface area contributed by atoms with Crippen molar-refractivity contribution < 1.29 is 0 Å². The molecule has 0 saturated heterocycles. The van der Waals surface area contributed by atoms with Gasteiger partial charge < -0.3 is 0 Å². The van der Waals surface area contributed by atoms with Gasteiger partial charge in [-0.15, -0.1) is 0 Å². The van der Waals surface area contributed by atoms with Crippen LogP contribution in [0.3, 0.4) is 0 Å². The van der Waals surface area contributed by atoms with Crippen molar-refractivity contribution in [3.8, 4) is 0 Å². The van der Waals surface area contributed by atoms with Crippen molar-refractivity contribution in [2.24, 2.45) is 23.7 Å². The van der Waals surface area contributed by atoms with E-state index in [0.29, 0.717) is 0 Å². The second-order valence-corrected chi connectivity index (χ2v) is 8.61. The van der Waals surface area contributed by atoms with Crippen LogP contribution in [0.5, 0.6) is 0 Å². The van der Waals surface area contributed by atoms with Crippen LogP contribution >= 0.6 is 0 Å². The predicted molar refractivity (Wildman–Crippen MR) is 104 cm³/mol. The molecule has 0 atom stereocenters. The van der Waals surface area contributed by atoms with Gasteiger partial charge in [-0.2, -0.15) is 0 Å². The van der Waals surface area contributed by atoms with Crippen LogP contribution in [0.2, 0.25) is 0 Å². The number of hydrogen-bond acceptors (Lipinski definition) is 0. The maximum Gasteiger partial charge on any atom is -0.0348 e. The molecule has 0 aliphatic heterocycles. The van der Waals surface area contributed by atoms with Crippen LogP contribution in [-0.2, 0) is 0 Å². The molecule has 2 saturated carbocycles. The lowest BCUT2D eigenvalue weighted by molar-refractivity contribution is 0.236. The topological polar surface area (TPSA) is 0 Å². The largest absolute Gasteiger partial charge is 0.0917 e. The minimum Gasteiger partial charge on any atom is -0.0917 e. The lowest BCUT2D eigenvalue weighted by Crippen LogP contribution is -2.15. The maximum atomic E-state index is 2.38. The van der Waals surface area contributed by atoms with Crippen LogP contribution in [0.15, 0.2) is 12.2 Å². The van der Waals surface area contributed by atoms with Crippen LogP contribution < -0.4 is 0 Å². The molecule has 0 unspecified atom stereocenters. The molecule has 0 heteroatoms. The highest BCUT2D eigenvalue weighted by Gasteiger charge is 2.21. The third-order valence-corrected chi connectivity index (χ3v) is 6.96. The molecule has 0 aromatic rings. The Hall–Kier alpha value is -0.260. The number of allylic oxidation sites excluding steroid dienone is 2. The summed E-state index contributed by atoms with van der Waals surface area (Å²) in [5.74, 6) is 4.26. The minimum atomic E-state index is 1.04. The van der Waals surface area contributed by atoms with Crippen molar-refractivity contribution >= 4 is 0 Å². The van der Waals surface area contributed by atoms with Crippen LogP contribution in [0.4, 0.5) is 0 Å². The molecule has 134 valence electrons. The molecular formula is C23H42. The van der Waals surface area contributed by atoms with Gasteiger partial charge in [0, 0.05) is 0 Å². The summed E-state index contributed by atoms with van der Waals surface area (Å²) in [5.41, 5.74) is 0. The molecule has 0 N–H and O–H groups in total. The van der Waals surface area contributed by atoms with Crippen LogP contribution in [-0.4, -0.2) is 0 Å². The molecule has 2 aliphatic carbocycles. The van der Waals surface area contributed by atoms with Gasteiger partial charge in [0.1, 0.15) is 0 Å². The van der Waals surface area contributed by atoms with Gasteiger partial charge in [0.25, 0.3) is 0 Å². The van der Waals surface area contributed by atoms with Crippen molar-refractivity contribution in [1.29, 1.82) is 0 Å². The molecule has 23 heavy (non-hydrogen) atoms. The van der Waals surface area contributed by atoms with Gasteiger partial charge in [-0.25, -0.2) is 0 Å². The van der Waals surface area contributed by atoms with E-state index in [1.165, 1.54) is 96.3 Å². The predicted octanol–water partition coefficient (Wildman–Crippen LogP) is 7.93. The van der Waals surface area contributed by atoms with Crippen molar-refractivity contribution in [3.63, 3.8) is 0 Å². The Labute approximate surface area is 146 Å². The van der Waals surface area contributed by atoms with Gasteiger partial charge in [-0.1, -0.05) is 103 Å². The van der Waals surface area contributed by atoms with E-state index in [2.05, 4.69) is 26.0 Å². The third kappa shape index (κ3) is 7.44. The monoisotopic (exact) mass is 318 g/mol. The van der Waals surface area contributed by atoms with Crippen LogP contribution in [0.25, 0.3) is 0 Å². The first-order chi connectivity index (χ1) is 11.3. The number of hydrogen-bond donors (Lipinski definition) is 0. The van der Waals surface area contributed by atoms with Gasteiger partial charge >= 0.3 is 0 Å². The normalized spacial score (nSPS) is 32.4. The molecule has 0 aromatic heterocycles. The fraction of sp³-hybridized carbons (Fsp3) is 0.913. The first-order valence-corrected chi connectivity index (χ1v) is 10.9. The fourth-order valence-electron chi connectivity index (χ4n) is 5.10. The summed E-state index contributed by atoms with van der Waals surface area (Å²) < 4.78 is 0. The SMILES string of the molecule is CC=CCCC1CCC(CCCCC2CCC(CC)CC2)CC1. The smallest absolute Gasteiger partial charge is 0.0348 e. The van der Waals surface area contributed by atoms with Crippen LogP contribution in [0.1, 0.15) is 110 Å². The summed E-state index contributed by atoms with van der Waals surface area (Å²) in [6.45, 7) is 4.52. The molecular weight excluding hydrogens is 276 g/mol. The summed E-state index contributed by atoms with van der Waals surface area (Å²) >= 11 is 0. The van der Waals surface area contributed by atoms with Crippen molar-refractivity contribution in [1.82, 2.24) is 0 Å². The zero-order chi connectivity index (χ0) is 16.3. The highest BCUT2D eigenvalue weighted by molar-refractivity contribution is 4.80. The van der Waals surface area contributed by atoms with Gasteiger partial charge in [0.15, 0.2) is 0 Å². The van der Waals surface area contributed by atoms with Crippen LogP contribution in [0, 0.1) is 23.7 Å². The highest BCUT2D eigenvalue weighted by Crippen LogP contribution is 2.36. The van der Waals surface area contributed by atoms with Gasteiger partial charge in [0.2, 0.25) is 0 Å². The van der Waals surface area contributed by atoms with Crippen molar-refractivity contribution in [2.75, 3.05) is 0 Å². The Morgan fingerprint density at radius 1 is 0.652 bits per heavy atom. The van der Waals surface area contributed by atoms with E-state index < -0.39 is 0 Å². The standard InChI is InChI=1S/C23H42/c1-3-5-6-9-21-16-18-23(19-17-21)11-8-7-10-22-14-12-20(4-2)13-15-22/h3,5,20-23H,4,6-19H2,1-2H3. The number of unbranched alkanes of at least 4 members (excludes halogenated alkanes) is 1. The molecule has 2 aliphatic rings. The van der Waals surface area contributed by atoms with E-state index in [1.54, 1.807) is 0 Å². The molecule has 0 bridgehead atoms. The Balaban J connectivity index is 1.46. The fourth-order valence-corrected chi connectivity index (χ4v) is 5.10. The maximum absolute atomic E-state index is 2.38. The molecule has 2 rings (SSSR count). The summed E-state index contributed by atoms with van der Waals surface area (Å²) in [7, 11) is 0. The van der Waals surface area contributed by atoms with E-state index >= 15 is 0 Å². The van der Waals surface area contributed by atoms with Gasteiger partial charge in [-0.3, -0.25) is 0 Å². The Kier molecular flexibility index (Phi) is 9.39. The van der Waals surface area contributed by atoms with Crippen molar-refractivity contribution in [3.05, 3.63) is 12.2 Å². The van der Waals surface area contributed by atoms with E-state index in [9.17, 15) is 0 Å². The summed E-state index contributed by atoms with van der Waals surface area (Å²) in [6, 6.07) is 0. The zero-order valence-electron chi connectivity index (χ0n) is 16.1. The molecule has 2 fully saturated rings. The lowest BCUT2D eigenvalue weighted by Gasteiger charge is -2.29. The van der Waals surface area contributed by atoms with E-state index in [-0.39, 0.29) is 0 Å². The molecule has 0 amide bonds. The summed E-state index contributed by atoms with van der Waals surface area (Å²) in [6.07, 6.45) is 27.1. The average molecular weight is 319 g/mol. The second-order valence-electron chi connectivity index (χ2n) is 8.61. The second kappa shape index (κ2) is 11.3. The first kappa shape index (κ1) is 19.1. The molecule has 0 nitrogen and oxygen atoms in total. The van der Waals surface area contributed by atoms with E-state index in [4.69, 9.17) is 0 Å². The zero-order valence-corrected chi connectivity index (χ0v) is 16.1. The Morgan fingerprint density at radius 2 is 1.09 bits per heavy atom. The Bertz CT molecular complexity index is 300. The first-order valence-electron chi connectivity index (χ1n) is 10.9. The highest BCUT2D eigenvalue weighted by atomic mass is 14.3. The quantitative estimate of drug-likeness (QED) is 0.299. The molecule has 0 heterocycles. The van der Waals surface area contributed by atoms with E-state index in [0.717, 1.165) is 23.7 Å². The average Bonchev–Trinajstić information content (AvgIpc) is 2.61. The van der Waals surface area contributed by atoms with Crippen molar-refractivity contribution in [2.45, 2.75) is 110 Å². The molecule has 0 spiro atoms. The van der Waals surface area contributed by atoms with E-state index in [1.807, 2.05) is 0 Å². The molecule has 0 radical (unpaired) electrons. The number of rotatable bonds is 9. The van der Waals surface area contributed by atoms with Gasteiger partial charge in [0.05, 0.1) is 0 Å². The Morgan fingerprint density at radius 3 is 1.52 bits per heavy atom. The minimum absolute atomic E-state index is 1.04. The lowest BCUT2D eigenvalue weighted by atomic mass is 9.77.